The zero-order valence-electron chi connectivity index (χ0n) is 13.8. The number of hydrogen-bond donors (Lipinski definition) is 1. The van der Waals surface area contributed by atoms with Crippen molar-refractivity contribution in [1.82, 2.24) is 0 Å². The number of rotatable bonds is 6. The van der Waals surface area contributed by atoms with Gasteiger partial charge in [-0.25, -0.2) is 4.79 Å². The lowest BCUT2D eigenvalue weighted by atomic mass is 10.1. The number of carbonyl (C=O) groups is 2. The molecule has 0 bridgehead atoms. The first-order valence-electron chi connectivity index (χ1n) is 7.29. The molecule has 0 fully saturated rings. The number of anilines is 1. The van der Waals surface area contributed by atoms with E-state index in [9.17, 15) is 9.59 Å². The molecule has 6 nitrogen and oxygen atoms in total. The second-order valence-electron chi connectivity index (χ2n) is 5.04. The van der Waals surface area contributed by atoms with Crippen molar-refractivity contribution in [2.75, 3.05) is 26.1 Å². The van der Waals surface area contributed by atoms with Gasteiger partial charge in [-0.15, -0.1) is 0 Å². The fourth-order valence-corrected chi connectivity index (χ4v) is 2.10. The number of esters is 1. The van der Waals surface area contributed by atoms with E-state index in [0.29, 0.717) is 28.3 Å². The number of amides is 1. The van der Waals surface area contributed by atoms with Crippen molar-refractivity contribution < 1.29 is 23.8 Å². The van der Waals surface area contributed by atoms with Gasteiger partial charge in [0.1, 0.15) is 11.5 Å². The van der Waals surface area contributed by atoms with E-state index < -0.39 is 11.9 Å². The predicted molar refractivity (Wildman–Crippen MR) is 89.6 cm³/mol. The molecule has 2 aromatic rings. The molecule has 0 unspecified atom stereocenters. The highest BCUT2D eigenvalue weighted by Crippen LogP contribution is 2.18. The van der Waals surface area contributed by atoms with Crippen LogP contribution in [0.1, 0.15) is 15.9 Å². The van der Waals surface area contributed by atoms with Crippen LogP contribution in [0.3, 0.4) is 0 Å². The number of aryl methyl sites for hydroxylation is 1. The summed E-state index contributed by atoms with van der Waals surface area (Å²) >= 11 is 0. The van der Waals surface area contributed by atoms with Gasteiger partial charge in [0.2, 0.25) is 0 Å². The first kappa shape index (κ1) is 17.3. The molecule has 24 heavy (non-hydrogen) atoms. The molecule has 6 heteroatoms. The Labute approximate surface area is 140 Å². The molecular formula is C18H19NO5. The van der Waals surface area contributed by atoms with Gasteiger partial charge in [-0.05, 0) is 42.8 Å². The van der Waals surface area contributed by atoms with Crippen LogP contribution in [0.2, 0.25) is 0 Å². The quantitative estimate of drug-likeness (QED) is 0.825. The highest BCUT2D eigenvalue weighted by atomic mass is 16.5. The third-order valence-corrected chi connectivity index (χ3v) is 3.34. The van der Waals surface area contributed by atoms with Crippen LogP contribution in [0.15, 0.2) is 42.5 Å². The number of nitrogens with one attached hydrogen (secondary N) is 1. The molecule has 0 saturated heterocycles. The summed E-state index contributed by atoms with van der Waals surface area (Å²) in [6, 6.07) is 11.9. The smallest absolute Gasteiger partial charge is 0.338 e. The van der Waals surface area contributed by atoms with E-state index in [2.05, 4.69) is 5.32 Å². The Bertz CT molecular complexity index is 742. The predicted octanol–water partition coefficient (Wildman–Crippen LogP) is 2.81. The van der Waals surface area contributed by atoms with Gasteiger partial charge in [0.15, 0.2) is 6.61 Å². The van der Waals surface area contributed by atoms with Crippen molar-refractivity contribution >= 4 is 17.6 Å². The molecule has 0 aliphatic carbocycles. The summed E-state index contributed by atoms with van der Waals surface area (Å²) in [4.78, 5) is 23.9. The summed E-state index contributed by atoms with van der Waals surface area (Å²) in [7, 11) is 3.09. The zero-order chi connectivity index (χ0) is 17.5. The van der Waals surface area contributed by atoms with Crippen LogP contribution in [0, 0.1) is 6.92 Å². The molecule has 1 amide bonds. The molecule has 0 heterocycles. The highest BCUT2D eigenvalue weighted by molar-refractivity contribution is 5.96. The number of carbonyl (C=O) groups excluding carboxylic acids is 2. The Morgan fingerprint density at radius 3 is 2.38 bits per heavy atom. The van der Waals surface area contributed by atoms with Gasteiger partial charge >= 0.3 is 5.97 Å². The molecule has 0 atom stereocenters. The summed E-state index contributed by atoms with van der Waals surface area (Å²) < 4.78 is 15.2. The average molecular weight is 329 g/mol. The summed E-state index contributed by atoms with van der Waals surface area (Å²) in [6.07, 6.45) is 0. The van der Waals surface area contributed by atoms with Crippen molar-refractivity contribution in [2.24, 2.45) is 0 Å². The molecule has 0 aliphatic rings. The van der Waals surface area contributed by atoms with Crippen molar-refractivity contribution in [3.05, 3.63) is 53.6 Å². The van der Waals surface area contributed by atoms with Gasteiger partial charge in [-0.3, -0.25) is 4.79 Å². The second kappa shape index (κ2) is 8.01. The van der Waals surface area contributed by atoms with E-state index in [1.165, 1.54) is 0 Å². The molecular weight excluding hydrogens is 310 g/mol. The van der Waals surface area contributed by atoms with E-state index in [1.54, 1.807) is 63.6 Å². The lowest BCUT2D eigenvalue weighted by Gasteiger charge is -2.09. The molecule has 0 radical (unpaired) electrons. The maximum absolute atomic E-state index is 12.1. The maximum atomic E-state index is 12.1. The summed E-state index contributed by atoms with van der Waals surface area (Å²) in [6.45, 7) is 1.40. The third-order valence-electron chi connectivity index (χ3n) is 3.34. The molecule has 2 rings (SSSR count). The first-order chi connectivity index (χ1) is 11.5. The Balaban J connectivity index is 1.92. The highest BCUT2D eigenvalue weighted by Gasteiger charge is 2.13. The molecule has 0 aromatic heterocycles. The lowest BCUT2D eigenvalue weighted by molar-refractivity contribution is -0.119. The van der Waals surface area contributed by atoms with Crippen LogP contribution in [-0.2, 0) is 9.53 Å². The van der Waals surface area contributed by atoms with E-state index in [-0.39, 0.29) is 6.61 Å². The van der Waals surface area contributed by atoms with E-state index >= 15 is 0 Å². The van der Waals surface area contributed by atoms with Crippen LogP contribution < -0.4 is 14.8 Å². The van der Waals surface area contributed by atoms with Crippen molar-refractivity contribution in [3.8, 4) is 11.5 Å². The zero-order valence-corrected chi connectivity index (χ0v) is 13.8. The van der Waals surface area contributed by atoms with Gasteiger partial charge in [0.05, 0.1) is 19.8 Å². The van der Waals surface area contributed by atoms with E-state index in [1.807, 2.05) is 0 Å². The maximum Gasteiger partial charge on any atom is 0.338 e. The van der Waals surface area contributed by atoms with Gasteiger partial charge in [-0.2, -0.15) is 0 Å². The van der Waals surface area contributed by atoms with Crippen LogP contribution >= 0.6 is 0 Å². The summed E-state index contributed by atoms with van der Waals surface area (Å²) in [5.41, 5.74) is 1.67. The van der Waals surface area contributed by atoms with Crippen molar-refractivity contribution in [2.45, 2.75) is 6.92 Å². The van der Waals surface area contributed by atoms with Crippen molar-refractivity contribution in [3.63, 3.8) is 0 Å². The van der Waals surface area contributed by atoms with Gasteiger partial charge in [-0.1, -0.05) is 6.07 Å². The number of methoxy groups -OCH3 is 2. The standard InChI is InChI=1S/C18H19NO5/c1-12-9-15(23-3)7-8-16(12)18(21)24-11-17(20)19-13-5-4-6-14(10-13)22-2/h4-10H,11H2,1-3H3,(H,19,20). The Morgan fingerprint density at radius 1 is 1.00 bits per heavy atom. The van der Waals surface area contributed by atoms with E-state index in [4.69, 9.17) is 14.2 Å². The van der Waals surface area contributed by atoms with Gasteiger partial charge in [0, 0.05) is 11.8 Å². The fourth-order valence-electron chi connectivity index (χ4n) is 2.10. The Hall–Kier alpha value is -3.02. The SMILES string of the molecule is COc1cccc(NC(=O)COC(=O)c2ccc(OC)cc2C)c1. The normalized spacial score (nSPS) is 9.96. The molecule has 0 spiro atoms. The molecule has 1 N–H and O–H groups in total. The van der Waals surface area contributed by atoms with Crippen LogP contribution in [0.25, 0.3) is 0 Å². The topological polar surface area (TPSA) is 73.9 Å². The third kappa shape index (κ3) is 4.49. The van der Waals surface area contributed by atoms with Crippen LogP contribution in [-0.4, -0.2) is 32.7 Å². The Kier molecular flexibility index (Phi) is 5.78. The molecule has 0 aliphatic heterocycles. The minimum absolute atomic E-state index is 0.373. The first-order valence-corrected chi connectivity index (χ1v) is 7.29. The second-order valence-corrected chi connectivity index (χ2v) is 5.04. The van der Waals surface area contributed by atoms with E-state index in [0.717, 1.165) is 0 Å². The average Bonchev–Trinajstić information content (AvgIpc) is 2.59. The van der Waals surface area contributed by atoms with Gasteiger partial charge < -0.3 is 19.5 Å². The molecule has 0 saturated carbocycles. The summed E-state index contributed by atoms with van der Waals surface area (Å²) in [5, 5.41) is 2.64. The van der Waals surface area contributed by atoms with Crippen molar-refractivity contribution in [1.29, 1.82) is 0 Å². The van der Waals surface area contributed by atoms with Crippen LogP contribution in [0.4, 0.5) is 5.69 Å². The number of benzene rings is 2. The minimum atomic E-state index is -0.559. The van der Waals surface area contributed by atoms with Crippen LogP contribution in [0.5, 0.6) is 11.5 Å². The van der Waals surface area contributed by atoms with Gasteiger partial charge in [0.25, 0.3) is 5.91 Å². The number of hydrogen-bond acceptors (Lipinski definition) is 5. The summed E-state index contributed by atoms with van der Waals surface area (Å²) in [5.74, 6) is 0.289. The Morgan fingerprint density at radius 2 is 1.71 bits per heavy atom. The monoisotopic (exact) mass is 329 g/mol. The largest absolute Gasteiger partial charge is 0.497 e. The molecule has 2 aromatic carbocycles. The minimum Gasteiger partial charge on any atom is -0.497 e. The molecule has 126 valence electrons. The lowest BCUT2D eigenvalue weighted by Crippen LogP contribution is -2.21. The fraction of sp³-hybridized carbons (Fsp3) is 0.222. The number of ether oxygens (including phenoxy) is 3.